The molecular weight excluding hydrogens is 496 g/mol. The van der Waals surface area contributed by atoms with Crippen molar-refractivity contribution in [3.8, 4) is 0 Å². The summed E-state index contributed by atoms with van der Waals surface area (Å²) in [5.41, 5.74) is 1.20. The molecule has 0 fully saturated rings. The zero-order chi connectivity index (χ0) is 26.8. The second-order valence-electron chi connectivity index (χ2n) is 9.39. The molecule has 192 valence electrons. The van der Waals surface area contributed by atoms with Crippen molar-refractivity contribution in [1.29, 1.82) is 0 Å². The quantitative estimate of drug-likeness (QED) is 0.471. The Morgan fingerprint density at radius 1 is 0.973 bits per heavy atom. The summed E-state index contributed by atoms with van der Waals surface area (Å²) in [7, 11) is -4.26. The lowest BCUT2D eigenvalue weighted by Gasteiger charge is -2.29. The van der Waals surface area contributed by atoms with Gasteiger partial charge in [0.1, 0.15) is 10.5 Å². The summed E-state index contributed by atoms with van der Waals surface area (Å²) >= 11 is 0. The number of nitrogens with one attached hydrogen (secondary N) is 2. The molecule has 0 aliphatic carbocycles. The van der Waals surface area contributed by atoms with E-state index in [-0.39, 0.29) is 29.2 Å². The van der Waals surface area contributed by atoms with Gasteiger partial charge >= 0.3 is 12.0 Å². The first-order chi connectivity index (χ1) is 17.4. The van der Waals surface area contributed by atoms with E-state index in [4.69, 9.17) is 4.74 Å². The van der Waals surface area contributed by atoms with Crippen molar-refractivity contribution >= 4 is 33.6 Å². The number of carbonyl (C=O) groups excluding carboxylic acids is 3. The Hall–Kier alpha value is -4.25. The van der Waals surface area contributed by atoms with Crippen LogP contribution in [0.2, 0.25) is 0 Å². The predicted octanol–water partition coefficient (Wildman–Crippen LogP) is 3.70. The van der Waals surface area contributed by atoms with Gasteiger partial charge in [-0.2, -0.15) is 0 Å². The van der Waals surface area contributed by atoms with E-state index in [1.54, 1.807) is 57.4 Å². The van der Waals surface area contributed by atoms with Crippen molar-refractivity contribution in [2.45, 2.75) is 44.4 Å². The Balaban J connectivity index is 1.52. The van der Waals surface area contributed by atoms with E-state index in [0.29, 0.717) is 15.4 Å². The maximum Gasteiger partial charge on any atom is 0.338 e. The van der Waals surface area contributed by atoms with E-state index in [1.165, 1.54) is 30.3 Å². The SMILES string of the molecule is CC(C)(C)OC(=O)c1ccc(CN2C(=O)Nc3ccc(C(=O)NCc4ccncc4)cc3S2(=O)=O)cc1. The van der Waals surface area contributed by atoms with Crippen LogP contribution in [0.3, 0.4) is 0 Å². The highest BCUT2D eigenvalue weighted by Crippen LogP contribution is 2.32. The normalized spacial score (nSPS) is 14.4. The van der Waals surface area contributed by atoms with E-state index in [1.807, 2.05) is 0 Å². The third-order valence-corrected chi connectivity index (χ3v) is 7.17. The number of urea groups is 1. The van der Waals surface area contributed by atoms with E-state index in [0.717, 1.165) is 5.56 Å². The van der Waals surface area contributed by atoms with Gasteiger partial charge < -0.3 is 15.4 Å². The summed E-state index contributed by atoms with van der Waals surface area (Å²) in [5, 5.41) is 5.30. The molecule has 3 aromatic rings. The van der Waals surface area contributed by atoms with Crippen molar-refractivity contribution in [2.75, 3.05) is 5.32 Å². The first-order valence-corrected chi connectivity index (χ1v) is 12.9. The summed E-state index contributed by atoms with van der Waals surface area (Å²) in [5.74, 6) is -0.970. The molecule has 11 heteroatoms. The lowest BCUT2D eigenvalue weighted by atomic mass is 10.1. The molecule has 0 radical (unpaired) electrons. The number of aromatic nitrogens is 1. The van der Waals surface area contributed by atoms with Gasteiger partial charge in [0.2, 0.25) is 0 Å². The van der Waals surface area contributed by atoms with Crippen LogP contribution in [0.15, 0.2) is 71.9 Å². The molecule has 10 nitrogen and oxygen atoms in total. The van der Waals surface area contributed by atoms with Gasteiger partial charge in [-0.05, 0) is 74.4 Å². The third-order valence-electron chi connectivity index (χ3n) is 5.40. The molecule has 4 rings (SSSR count). The van der Waals surface area contributed by atoms with Crippen LogP contribution in [-0.2, 0) is 27.8 Å². The zero-order valence-electron chi connectivity index (χ0n) is 20.5. The highest BCUT2D eigenvalue weighted by Gasteiger charge is 2.37. The van der Waals surface area contributed by atoms with Crippen LogP contribution in [0.25, 0.3) is 0 Å². The number of pyridine rings is 1. The average molecular weight is 523 g/mol. The fourth-order valence-corrected chi connectivity index (χ4v) is 5.07. The Morgan fingerprint density at radius 3 is 2.27 bits per heavy atom. The van der Waals surface area contributed by atoms with E-state index < -0.39 is 33.5 Å². The Labute approximate surface area is 214 Å². The summed E-state index contributed by atoms with van der Waals surface area (Å²) in [6.07, 6.45) is 3.21. The number of fused-ring (bicyclic) bond motifs is 1. The number of sulfonamides is 1. The molecule has 2 N–H and O–H groups in total. The number of anilines is 1. The van der Waals surface area contributed by atoms with Crippen molar-refractivity contribution in [1.82, 2.24) is 14.6 Å². The lowest BCUT2D eigenvalue weighted by molar-refractivity contribution is 0.00693. The van der Waals surface area contributed by atoms with Crippen molar-refractivity contribution in [2.24, 2.45) is 0 Å². The molecule has 3 amide bonds. The minimum absolute atomic E-state index is 0.0900. The molecule has 1 aliphatic rings. The van der Waals surface area contributed by atoms with Gasteiger partial charge in [-0.15, -0.1) is 0 Å². The minimum atomic E-state index is -4.26. The lowest BCUT2D eigenvalue weighted by Crippen LogP contribution is -2.43. The average Bonchev–Trinajstić information content (AvgIpc) is 2.85. The maximum absolute atomic E-state index is 13.4. The smallest absolute Gasteiger partial charge is 0.338 e. The van der Waals surface area contributed by atoms with Gasteiger partial charge in [0.25, 0.3) is 15.9 Å². The minimum Gasteiger partial charge on any atom is -0.456 e. The molecule has 37 heavy (non-hydrogen) atoms. The fourth-order valence-electron chi connectivity index (χ4n) is 3.58. The Kier molecular flexibility index (Phi) is 6.99. The molecule has 1 aliphatic heterocycles. The number of ether oxygens (including phenoxy) is 1. The number of benzene rings is 2. The van der Waals surface area contributed by atoms with Gasteiger partial charge in [0, 0.05) is 24.5 Å². The molecule has 0 saturated heterocycles. The number of hydrogen-bond acceptors (Lipinski definition) is 7. The van der Waals surface area contributed by atoms with E-state index >= 15 is 0 Å². The summed E-state index contributed by atoms with van der Waals surface area (Å²) in [6, 6.07) is 12.9. The van der Waals surface area contributed by atoms with E-state index in [9.17, 15) is 22.8 Å². The maximum atomic E-state index is 13.4. The number of amides is 3. The van der Waals surface area contributed by atoms with Crippen LogP contribution >= 0.6 is 0 Å². The monoisotopic (exact) mass is 522 g/mol. The number of esters is 1. The molecule has 0 atom stereocenters. The molecule has 0 unspecified atom stereocenters. The number of carbonyl (C=O) groups is 3. The highest BCUT2D eigenvalue weighted by atomic mass is 32.2. The van der Waals surface area contributed by atoms with Crippen LogP contribution in [0, 0.1) is 0 Å². The van der Waals surface area contributed by atoms with Gasteiger partial charge in [0.15, 0.2) is 0 Å². The van der Waals surface area contributed by atoms with Crippen LogP contribution in [-0.4, -0.2) is 41.2 Å². The number of nitrogens with zero attached hydrogens (tertiary/aromatic N) is 2. The predicted molar refractivity (Wildman–Crippen MR) is 135 cm³/mol. The Morgan fingerprint density at radius 2 is 1.62 bits per heavy atom. The molecule has 1 aromatic heterocycles. The standard InChI is InChI=1S/C26H26N4O6S/c1-26(2,3)36-24(32)19-6-4-18(5-7-19)16-30-25(33)29-21-9-8-20(14-22(21)37(30,34)35)23(31)28-15-17-10-12-27-13-11-17/h4-14H,15-16H2,1-3H3,(H,28,31)(H,29,33). The van der Waals surface area contributed by atoms with Gasteiger partial charge in [0.05, 0.1) is 17.8 Å². The van der Waals surface area contributed by atoms with Gasteiger partial charge in [-0.1, -0.05) is 12.1 Å². The Bertz CT molecular complexity index is 1450. The van der Waals surface area contributed by atoms with E-state index in [2.05, 4.69) is 15.6 Å². The molecule has 0 bridgehead atoms. The summed E-state index contributed by atoms with van der Waals surface area (Å²) < 4.78 is 32.7. The van der Waals surface area contributed by atoms with Crippen molar-refractivity contribution in [3.63, 3.8) is 0 Å². The highest BCUT2D eigenvalue weighted by molar-refractivity contribution is 7.90. The van der Waals surface area contributed by atoms with Crippen molar-refractivity contribution in [3.05, 3.63) is 89.2 Å². The molecule has 2 heterocycles. The van der Waals surface area contributed by atoms with Crippen LogP contribution < -0.4 is 10.6 Å². The molecule has 2 aromatic carbocycles. The van der Waals surface area contributed by atoms with Gasteiger partial charge in [-0.25, -0.2) is 22.3 Å². The zero-order valence-corrected chi connectivity index (χ0v) is 21.3. The fraction of sp³-hybridized carbons (Fsp3) is 0.231. The second-order valence-corrected chi connectivity index (χ2v) is 11.2. The van der Waals surface area contributed by atoms with Crippen LogP contribution in [0.1, 0.15) is 52.6 Å². The number of rotatable bonds is 6. The second kappa shape index (κ2) is 10.0. The molecular formula is C26H26N4O6S. The van der Waals surface area contributed by atoms with Crippen molar-refractivity contribution < 1.29 is 27.5 Å². The first kappa shape index (κ1) is 25.8. The van der Waals surface area contributed by atoms with Crippen LogP contribution in [0.5, 0.6) is 0 Å². The van der Waals surface area contributed by atoms with Crippen LogP contribution in [0.4, 0.5) is 10.5 Å². The van der Waals surface area contributed by atoms with Gasteiger partial charge in [-0.3, -0.25) is 9.78 Å². The first-order valence-electron chi connectivity index (χ1n) is 11.4. The number of hydrogen-bond donors (Lipinski definition) is 2. The summed E-state index contributed by atoms with van der Waals surface area (Å²) in [4.78, 5) is 41.3. The largest absolute Gasteiger partial charge is 0.456 e. The molecule has 0 spiro atoms. The topological polar surface area (TPSA) is 135 Å². The third kappa shape index (κ3) is 5.95. The summed E-state index contributed by atoms with van der Waals surface area (Å²) in [6.45, 7) is 5.25. The molecule has 0 saturated carbocycles.